The van der Waals surface area contributed by atoms with Crippen LogP contribution >= 0.6 is 0 Å². The van der Waals surface area contributed by atoms with E-state index in [-0.39, 0.29) is 11.5 Å². The maximum Gasteiger partial charge on any atom is 0.251 e. The number of rotatable bonds is 4. The molecular weight excluding hydrogens is 304 g/mol. The highest BCUT2D eigenvalue weighted by Gasteiger charge is 2.06. The van der Waals surface area contributed by atoms with Crippen LogP contribution in [-0.4, -0.2) is 18.0 Å². The molecule has 5 heteroatoms. The van der Waals surface area contributed by atoms with Crippen molar-refractivity contribution in [1.29, 1.82) is 0 Å². The van der Waals surface area contributed by atoms with E-state index in [1.807, 2.05) is 24.3 Å². The van der Waals surface area contributed by atoms with Crippen molar-refractivity contribution in [2.24, 2.45) is 0 Å². The molecule has 0 radical (unpaired) electrons. The molecule has 1 amide bonds. The van der Waals surface area contributed by atoms with E-state index in [1.54, 1.807) is 38.3 Å². The van der Waals surface area contributed by atoms with Gasteiger partial charge in [-0.25, -0.2) is 0 Å². The fraction of sp³-hybridized carbons (Fsp3) is 0.158. The molecule has 0 aliphatic carbocycles. The molecule has 24 heavy (non-hydrogen) atoms. The van der Waals surface area contributed by atoms with Gasteiger partial charge < -0.3 is 15.0 Å². The van der Waals surface area contributed by atoms with Crippen LogP contribution < -0.4 is 15.6 Å². The van der Waals surface area contributed by atoms with Crippen molar-refractivity contribution >= 4 is 16.8 Å². The number of pyridine rings is 1. The lowest BCUT2D eigenvalue weighted by atomic mass is 10.1. The van der Waals surface area contributed by atoms with Crippen LogP contribution in [0.4, 0.5) is 0 Å². The zero-order chi connectivity index (χ0) is 17.1. The van der Waals surface area contributed by atoms with E-state index in [4.69, 9.17) is 4.74 Å². The van der Waals surface area contributed by atoms with Crippen molar-refractivity contribution in [1.82, 2.24) is 10.3 Å². The van der Waals surface area contributed by atoms with Crippen LogP contribution in [0.5, 0.6) is 5.75 Å². The van der Waals surface area contributed by atoms with Crippen LogP contribution in [0.25, 0.3) is 10.9 Å². The summed E-state index contributed by atoms with van der Waals surface area (Å²) in [5.41, 5.74) is 2.92. The number of methoxy groups -OCH3 is 1. The Bertz CT molecular complexity index is 943. The third kappa shape index (κ3) is 3.30. The number of ether oxygens (including phenoxy) is 1. The number of nitrogens with one attached hydrogen (secondary N) is 2. The van der Waals surface area contributed by atoms with Crippen molar-refractivity contribution in [2.45, 2.75) is 13.5 Å². The number of benzene rings is 2. The number of amides is 1. The van der Waals surface area contributed by atoms with E-state index in [0.717, 1.165) is 16.5 Å². The SMILES string of the molecule is COc1ccc(C(=O)NCc2ccc3[nH]c(=O)c(C)cc3c2)cc1. The molecule has 0 bridgehead atoms. The standard InChI is InChI=1S/C19H18N2O3/c1-12-9-15-10-13(3-8-17(15)21-18(12)22)11-20-19(23)14-4-6-16(24-2)7-5-14/h3-10H,11H2,1-2H3,(H,20,23)(H,21,22). The Labute approximate surface area is 139 Å². The Morgan fingerprint density at radius 2 is 1.88 bits per heavy atom. The van der Waals surface area contributed by atoms with Gasteiger partial charge in [-0.05, 0) is 60.3 Å². The zero-order valence-electron chi connectivity index (χ0n) is 13.6. The summed E-state index contributed by atoms with van der Waals surface area (Å²) in [5.74, 6) is 0.570. The number of H-pyrrole nitrogens is 1. The molecule has 1 heterocycles. The third-order valence-corrected chi connectivity index (χ3v) is 3.90. The molecular formula is C19H18N2O3. The Morgan fingerprint density at radius 3 is 2.58 bits per heavy atom. The lowest BCUT2D eigenvalue weighted by Gasteiger charge is -2.08. The topological polar surface area (TPSA) is 71.2 Å². The highest BCUT2D eigenvalue weighted by molar-refractivity contribution is 5.94. The van der Waals surface area contributed by atoms with Crippen molar-refractivity contribution in [2.75, 3.05) is 7.11 Å². The number of aryl methyl sites for hydroxylation is 1. The van der Waals surface area contributed by atoms with Gasteiger partial charge in [0.15, 0.2) is 0 Å². The monoisotopic (exact) mass is 322 g/mol. The molecule has 122 valence electrons. The second kappa shape index (κ2) is 6.58. The number of carbonyl (C=O) groups is 1. The van der Waals surface area contributed by atoms with E-state index < -0.39 is 0 Å². The maximum absolute atomic E-state index is 12.2. The molecule has 3 aromatic rings. The van der Waals surface area contributed by atoms with Gasteiger partial charge in [-0.1, -0.05) is 6.07 Å². The highest BCUT2D eigenvalue weighted by Crippen LogP contribution is 2.14. The largest absolute Gasteiger partial charge is 0.497 e. The number of hydrogen-bond donors (Lipinski definition) is 2. The fourth-order valence-electron chi connectivity index (χ4n) is 2.50. The predicted molar refractivity (Wildman–Crippen MR) is 93.5 cm³/mol. The Hall–Kier alpha value is -3.08. The number of fused-ring (bicyclic) bond motifs is 1. The Balaban J connectivity index is 1.73. The van der Waals surface area contributed by atoms with Gasteiger partial charge in [-0.2, -0.15) is 0 Å². The number of aromatic nitrogens is 1. The van der Waals surface area contributed by atoms with E-state index in [1.165, 1.54) is 0 Å². The molecule has 0 aliphatic heterocycles. The summed E-state index contributed by atoms with van der Waals surface area (Å²) in [6.45, 7) is 2.19. The summed E-state index contributed by atoms with van der Waals surface area (Å²) >= 11 is 0. The van der Waals surface area contributed by atoms with Gasteiger partial charge >= 0.3 is 0 Å². The first kappa shape index (κ1) is 15.8. The van der Waals surface area contributed by atoms with Crippen molar-refractivity contribution < 1.29 is 9.53 Å². The van der Waals surface area contributed by atoms with Crippen LogP contribution in [0.2, 0.25) is 0 Å². The van der Waals surface area contributed by atoms with Crippen LogP contribution in [0, 0.1) is 6.92 Å². The van der Waals surface area contributed by atoms with E-state index in [9.17, 15) is 9.59 Å². The molecule has 0 atom stereocenters. The second-order valence-electron chi connectivity index (χ2n) is 5.61. The van der Waals surface area contributed by atoms with Gasteiger partial charge in [-0.15, -0.1) is 0 Å². The first-order chi connectivity index (χ1) is 11.6. The molecule has 0 aliphatic rings. The number of hydrogen-bond acceptors (Lipinski definition) is 3. The second-order valence-corrected chi connectivity index (χ2v) is 5.61. The first-order valence-electron chi connectivity index (χ1n) is 7.61. The summed E-state index contributed by atoms with van der Waals surface area (Å²) in [7, 11) is 1.59. The summed E-state index contributed by atoms with van der Waals surface area (Å²) < 4.78 is 5.08. The van der Waals surface area contributed by atoms with E-state index in [2.05, 4.69) is 10.3 Å². The van der Waals surface area contributed by atoms with Gasteiger partial charge in [0.2, 0.25) is 0 Å². The molecule has 5 nitrogen and oxygen atoms in total. The Morgan fingerprint density at radius 1 is 1.12 bits per heavy atom. The Kier molecular flexibility index (Phi) is 4.33. The van der Waals surface area contributed by atoms with Crippen molar-refractivity contribution in [3.63, 3.8) is 0 Å². The molecule has 0 spiro atoms. The van der Waals surface area contributed by atoms with Crippen LogP contribution in [0.15, 0.2) is 53.3 Å². The van der Waals surface area contributed by atoms with Gasteiger partial charge in [0.1, 0.15) is 5.75 Å². The van der Waals surface area contributed by atoms with Gasteiger partial charge in [0, 0.05) is 23.2 Å². The van der Waals surface area contributed by atoms with Gasteiger partial charge in [0.05, 0.1) is 7.11 Å². The summed E-state index contributed by atoms with van der Waals surface area (Å²) in [6.07, 6.45) is 0. The predicted octanol–water partition coefficient (Wildman–Crippen LogP) is 2.78. The fourth-order valence-corrected chi connectivity index (χ4v) is 2.50. The van der Waals surface area contributed by atoms with Crippen molar-refractivity contribution in [3.8, 4) is 5.75 Å². The van der Waals surface area contributed by atoms with Crippen molar-refractivity contribution in [3.05, 3.63) is 75.6 Å². The molecule has 0 fully saturated rings. The number of aromatic amines is 1. The molecule has 0 saturated heterocycles. The first-order valence-corrected chi connectivity index (χ1v) is 7.61. The summed E-state index contributed by atoms with van der Waals surface area (Å²) in [6, 6.07) is 14.5. The van der Waals surface area contributed by atoms with Crippen LogP contribution in [0.3, 0.4) is 0 Å². The lowest BCUT2D eigenvalue weighted by molar-refractivity contribution is 0.0951. The molecule has 2 aromatic carbocycles. The van der Waals surface area contributed by atoms with Crippen LogP contribution in [-0.2, 0) is 6.54 Å². The smallest absolute Gasteiger partial charge is 0.251 e. The summed E-state index contributed by atoms with van der Waals surface area (Å²) in [4.78, 5) is 26.6. The van der Waals surface area contributed by atoms with Gasteiger partial charge in [-0.3, -0.25) is 9.59 Å². The molecule has 0 saturated carbocycles. The minimum absolute atomic E-state index is 0.0805. The van der Waals surface area contributed by atoms with E-state index >= 15 is 0 Å². The number of carbonyl (C=O) groups excluding carboxylic acids is 1. The third-order valence-electron chi connectivity index (χ3n) is 3.90. The molecule has 1 aromatic heterocycles. The zero-order valence-corrected chi connectivity index (χ0v) is 13.6. The minimum atomic E-state index is -0.143. The van der Waals surface area contributed by atoms with Gasteiger partial charge in [0.25, 0.3) is 11.5 Å². The average molecular weight is 322 g/mol. The molecule has 0 unspecified atom stereocenters. The summed E-state index contributed by atoms with van der Waals surface area (Å²) in [5, 5.41) is 3.84. The normalized spacial score (nSPS) is 10.6. The lowest BCUT2D eigenvalue weighted by Crippen LogP contribution is -2.22. The maximum atomic E-state index is 12.2. The highest BCUT2D eigenvalue weighted by atomic mass is 16.5. The minimum Gasteiger partial charge on any atom is -0.497 e. The van der Waals surface area contributed by atoms with E-state index in [0.29, 0.717) is 23.4 Å². The molecule has 2 N–H and O–H groups in total. The van der Waals surface area contributed by atoms with Crippen LogP contribution in [0.1, 0.15) is 21.5 Å². The molecule has 3 rings (SSSR count). The quantitative estimate of drug-likeness (QED) is 0.776. The average Bonchev–Trinajstić information content (AvgIpc) is 2.60.